The number of thiophene rings is 1. The van der Waals surface area contributed by atoms with Gasteiger partial charge in [0, 0.05) is 43.2 Å². The number of rotatable bonds is 9. The topological polar surface area (TPSA) is 32.8 Å². The lowest BCUT2D eigenvalue weighted by atomic mass is 9.98. The van der Waals surface area contributed by atoms with E-state index in [2.05, 4.69) is 252 Å². The molecule has 0 saturated carbocycles. The zero-order valence-corrected chi connectivity index (χ0v) is 39.2. The van der Waals surface area contributed by atoms with Crippen molar-refractivity contribution in [3.8, 4) is 33.4 Å². The highest BCUT2D eigenvalue weighted by Crippen LogP contribution is 2.50. The standard InChI is InChI=1S/C66H42N2O2S/c1-2-17-43(18-3-1)44-37-39-45(40-38-44)46-19-12-21-48(41-46)67(56-29-15-34-61-64(56)53-25-5-9-32-59(53)69-61)55-28-8-4-23-50(55)47-20-13-22-49(42-47)68(57-30-16-35-62-65(57)54-26-6-10-33-60(54)70-62)58-31-14-27-52-51-24-7-11-36-63(51)71-66(52)58/h1-42H. The average molecular weight is 927 g/mol. The molecule has 0 spiro atoms. The molecule has 0 amide bonds. The summed E-state index contributed by atoms with van der Waals surface area (Å²) in [6, 6.07) is 91.2. The summed E-state index contributed by atoms with van der Waals surface area (Å²) < 4.78 is 15.6. The molecule has 0 N–H and O–H groups in total. The molecule has 14 aromatic rings. The third-order valence-corrected chi connectivity index (χ3v) is 15.1. The molecule has 0 bridgehead atoms. The van der Waals surface area contributed by atoms with E-state index in [1.807, 2.05) is 23.5 Å². The molecule has 0 unspecified atom stereocenters. The number of anilines is 6. The smallest absolute Gasteiger partial charge is 0.137 e. The monoisotopic (exact) mass is 926 g/mol. The molecule has 3 aromatic heterocycles. The highest BCUT2D eigenvalue weighted by molar-refractivity contribution is 7.26. The highest BCUT2D eigenvalue weighted by Gasteiger charge is 2.25. The van der Waals surface area contributed by atoms with Gasteiger partial charge in [-0.15, -0.1) is 11.3 Å². The van der Waals surface area contributed by atoms with Gasteiger partial charge in [-0.05, 0) is 107 Å². The van der Waals surface area contributed by atoms with Crippen LogP contribution in [0.2, 0.25) is 0 Å². The Morgan fingerprint density at radius 3 is 1.41 bits per heavy atom. The van der Waals surface area contributed by atoms with Crippen molar-refractivity contribution in [1.29, 1.82) is 0 Å². The molecule has 0 saturated heterocycles. The van der Waals surface area contributed by atoms with Crippen LogP contribution in [0.3, 0.4) is 0 Å². The predicted molar refractivity (Wildman–Crippen MR) is 300 cm³/mol. The Bertz CT molecular complexity index is 4320. The highest BCUT2D eigenvalue weighted by atomic mass is 32.1. The fourth-order valence-corrected chi connectivity index (χ4v) is 11.9. The number of furan rings is 2. The summed E-state index contributed by atoms with van der Waals surface area (Å²) in [6.07, 6.45) is 0. The van der Waals surface area contributed by atoms with Crippen molar-refractivity contribution >= 4 is 110 Å². The van der Waals surface area contributed by atoms with E-state index in [1.165, 1.54) is 31.3 Å². The van der Waals surface area contributed by atoms with E-state index in [1.54, 1.807) is 0 Å². The van der Waals surface area contributed by atoms with Gasteiger partial charge in [0.1, 0.15) is 22.3 Å². The maximum atomic E-state index is 6.56. The Hall–Kier alpha value is -9.16. The Labute approximate surface area is 414 Å². The summed E-state index contributed by atoms with van der Waals surface area (Å²) in [7, 11) is 0. The van der Waals surface area contributed by atoms with Gasteiger partial charge >= 0.3 is 0 Å². The molecular weight excluding hydrogens is 885 g/mol. The second-order valence-electron chi connectivity index (χ2n) is 18.0. The molecule has 0 aliphatic heterocycles. The third-order valence-electron chi connectivity index (χ3n) is 13.9. The van der Waals surface area contributed by atoms with E-state index in [-0.39, 0.29) is 0 Å². The summed E-state index contributed by atoms with van der Waals surface area (Å²) in [5.74, 6) is 0. The number of hydrogen-bond donors (Lipinski definition) is 0. The van der Waals surface area contributed by atoms with Crippen LogP contribution in [-0.4, -0.2) is 0 Å². The SMILES string of the molecule is c1ccc(-c2ccc(-c3cccc(N(c4ccccc4-c4cccc(N(c5cccc6c5sc5ccccc56)c5cccc6oc7ccccc7c56)c4)c4cccc5oc6ccccc6c45)c3)cc2)cc1. The van der Waals surface area contributed by atoms with Crippen LogP contribution in [0, 0.1) is 0 Å². The van der Waals surface area contributed by atoms with Crippen LogP contribution in [0.4, 0.5) is 34.1 Å². The van der Waals surface area contributed by atoms with Gasteiger partial charge in [0.15, 0.2) is 0 Å². The molecule has 4 nitrogen and oxygen atoms in total. The maximum Gasteiger partial charge on any atom is 0.137 e. The number of fused-ring (bicyclic) bond motifs is 9. The molecule has 5 heteroatoms. The van der Waals surface area contributed by atoms with Crippen LogP contribution in [0.15, 0.2) is 264 Å². The van der Waals surface area contributed by atoms with Crippen molar-refractivity contribution in [2.24, 2.45) is 0 Å². The first-order chi connectivity index (χ1) is 35.2. The number of nitrogens with zero attached hydrogens (tertiary/aromatic N) is 2. The Kier molecular flexibility index (Phi) is 9.68. The molecule has 0 fully saturated rings. The second kappa shape index (κ2) is 16.8. The summed E-state index contributed by atoms with van der Waals surface area (Å²) >= 11 is 1.84. The predicted octanol–water partition coefficient (Wildman–Crippen LogP) is 19.8. The molecule has 0 atom stereocenters. The summed E-state index contributed by atoms with van der Waals surface area (Å²) in [4.78, 5) is 4.86. The van der Waals surface area contributed by atoms with Crippen LogP contribution in [0.25, 0.3) is 97.4 Å². The lowest BCUT2D eigenvalue weighted by Crippen LogP contribution is -2.12. The third kappa shape index (κ3) is 6.89. The zero-order valence-electron chi connectivity index (χ0n) is 38.4. The fourth-order valence-electron chi connectivity index (χ4n) is 10.6. The average Bonchev–Trinajstić information content (AvgIpc) is 4.14. The largest absolute Gasteiger partial charge is 0.456 e. The summed E-state index contributed by atoms with van der Waals surface area (Å²) in [5, 5.41) is 6.80. The number of hydrogen-bond acceptors (Lipinski definition) is 5. The fraction of sp³-hybridized carbons (Fsp3) is 0. The minimum absolute atomic E-state index is 0.841. The van der Waals surface area contributed by atoms with E-state index >= 15 is 0 Å². The molecule has 14 rings (SSSR count). The van der Waals surface area contributed by atoms with Gasteiger partial charge in [0.05, 0.1) is 38.2 Å². The molecule has 0 radical (unpaired) electrons. The summed E-state index contributed by atoms with van der Waals surface area (Å²) in [6.45, 7) is 0. The van der Waals surface area contributed by atoms with Gasteiger partial charge < -0.3 is 18.6 Å². The van der Waals surface area contributed by atoms with Gasteiger partial charge in [0.25, 0.3) is 0 Å². The summed E-state index contributed by atoms with van der Waals surface area (Å²) in [5.41, 5.74) is 16.6. The second-order valence-corrected chi connectivity index (χ2v) is 19.0. The first-order valence-corrected chi connectivity index (χ1v) is 24.8. The van der Waals surface area contributed by atoms with Crippen molar-refractivity contribution < 1.29 is 8.83 Å². The van der Waals surface area contributed by atoms with Crippen molar-refractivity contribution in [1.82, 2.24) is 0 Å². The molecule has 3 heterocycles. The van der Waals surface area contributed by atoms with Gasteiger partial charge in [-0.1, -0.05) is 176 Å². The zero-order chi connectivity index (χ0) is 46.8. The van der Waals surface area contributed by atoms with Gasteiger partial charge in [0.2, 0.25) is 0 Å². The van der Waals surface area contributed by atoms with Gasteiger partial charge in [-0.25, -0.2) is 0 Å². The van der Waals surface area contributed by atoms with Crippen LogP contribution < -0.4 is 9.80 Å². The Morgan fingerprint density at radius 1 is 0.282 bits per heavy atom. The molecule has 71 heavy (non-hydrogen) atoms. The Balaban J connectivity index is 0.974. The lowest BCUT2D eigenvalue weighted by molar-refractivity contribution is 0.668. The van der Waals surface area contributed by atoms with Crippen molar-refractivity contribution in [3.05, 3.63) is 255 Å². The molecule has 0 aliphatic rings. The molecule has 11 aromatic carbocycles. The van der Waals surface area contributed by atoms with Crippen molar-refractivity contribution in [2.75, 3.05) is 9.80 Å². The minimum atomic E-state index is 0.841. The lowest BCUT2D eigenvalue weighted by Gasteiger charge is -2.30. The van der Waals surface area contributed by atoms with Crippen LogP contribution in [0.1, 0.15) is 0 Å². The maximum absolute atomic E-state index is 6.56. The molecule has 334 valence electrons. The quantitative estimate of drug-likeness (QED) is 0.144. The van der Waals surface area contributed by atoms with E-state index in [0.717, 1.165) is 100 Å². The van der Waals surface area contributed by atoms with E-state index < -0.39 is 0 Å². The van der Waals surface area contributed by atoms with Crippen LogP contribution in [0.5, 0.6) is 0 Å². The van der Waals surface area contributed by atoms with Gasteiger partial charge in [-0.3, -0.25) is 0 Å². The Morgan fingerprint density at radius 2 is 0.718 bits per heavy atom. The number of para-hydroxylation sites is 3. The van der Waals surface area contributed by atoms with E-state index in [4.69, 9.17) is 8.83 Å². The van der Waals surface area contributed by atoms with Gasteiger partial charge in [-0.2, -0.15) is 0 Å². The molecular formula is C66H42N2O2S. The van der Waals surface area contributed by atoms with Crippen LogP contribution >= 0.6 is 11.3 Å². The first kappa shape index (κ1) is 40.9. The van der Waals surface area contributed by atoms with E-state index in [0.29, 0.717) is 0 Å². The normalized spacial score (nSPS) is 11.7. The minimum Gasteiger partial charge on any atom is -0.456 e. The van der Waals surface area contributed by atoms with Crippen LogP contribution in [-0.2, 0) is 0 Å². The van der Waals surface area contributed by atoms with Crippen molar-refractivity contribution in [3.63, 3.8) is 0 Å². The molecule has 0 aliphatic carbocycles. The number of benzene rings is 11. The van der Waals surface area contributed by atoms with E-state index in [9.17, 15) is 0 Å². The first-order valence-electron chi connectivity index (χ1n) is 24.0. The van der Waals surface area contributed by atoms with Crippen molar-refractivity contribution in [2.45, 2.75) is 0 Å².